The van der Waals surface area contributed by atoms with E-state index in [1.165, 1.54) is 53.5 Å². The Morgan fingerprint density at radius 3 is 2.72 bits per heavy atom. The van der Waals surface area contributed by atoms with E-state index in [1.807, 2.05) is 0 Å². The number of carbonyl (C=O) groups excluding carboxylic acids is 1. The summed E-state index contributed by atoms with van der Waals surface area (Å²) in [6.45, 7) is 4.18. The summed E-state index contributed by atoms with van der Waals surface area (Å²) in [6, 6.07) is 15.3. The minimum absolute atomic E-state index is 0.0688. The Bertz CT molecular complexity index is 741. The Morgan fingerprint density at radius 1 is 1.12 bits per heavy atom. The molecule has 2 aromatic carbocycles. The van der Waals surface area contributed by atoms with Crippen molar-refractivity contribution in [2.75, 3.05) is 5.75 Å². The maximum absolute atomic E-state index is 12.2. The molecule has 2 nitrogen and oxygen atoms in total. The van der Waals surface area contributed by atoms with Crippen LogP contribution >= 0.6 is 11.8 Å². The third-order valence-electron chi connectivity index (χ3n) is 4.83. The van der Waals surface area contributed by atoms with Crippen molar-refractivity contribution in [1.29, 1.82) is 0 Å². The quantitative estimate of drug-likeness (QED) is 0.793. The van der Waals surface area contributed by atoms with Gasteiger partial charge >= 0.3 is 0 Å². The second kappa shape index (κ2) is 8.57. The fourth-order valence-electron chi connectivity index (χ4n) is 3.45. The molecule has 0 saturated heterocycles. The van der Waals surface area contributed by atoms with Crippen LogP contribution in [0.15, 0.2) is 42.5 Å². The van der Waals surface area contributed by atoms with Crippen LogP contribution < -0.4 is 5.32 Å². The number of rotatable bonds is 6. The zero-order valence-corrected chi connectivity index (χ0v) is 16.0. The van der Waals surface area contributed by atoms with Crippen LogP contribution in [0.3, 0.4) is 0 Å². The molecule has 25 heavy (non-hydrogen) atoms. The summed E-state index contributed by atoms with van der Waals surface area (Å²) in [5, 5.41) is 3.14. The maximum Gasteiger partial charge on any atom is 0.230 e. The summed E-state index contributed by atoms with van der Waals surface area (Å²) in [7, 11) is 0. The van der Waals surface area contributed by atoms with Crippen LogP contribution in [-0.2, 0) is 23.4 Å². The lowest BCUT2D eigenvalue weighted by atomic mass is 9.89. The van der Waals surface area contributed by atoms with Gasteiger partial charge in [0, 0.05) is 5.75 Å². The van der Waals surface area contributed by atoms with Crippen molar-refractivity contribution in [1.82, 2.24) is 5.32 Å². The van der Waals surface area contributed by atoms with E-state index in [4.69, 9.17) is 0 Å². The smallest absolute Gasteiger partial charge is 0.230 e. The lowest BCUT2D eigenvalue weighted by Gasteiger charge is -2.20. The second-order valence-electron chi connectivity index (χ2n) is 7.01. The predicted molar refractivity (Wildman–Crippen MR) is 107 cm³/mol. The lowest BCUT2D eigenvalue weighted by Crippen LogP contribution is -2.28. The van der Waals surface area contributed by atoms with Crippen molar-refractivity contribution >= 4 is 17.7 Å². The van der Waals surface area contributed by atoms with Crippen molar-refractivity contribution in [3.63, 3.8) is 0 Å². The highest BCUT2D eigenvalue weighted by molar-refractivity contribution is 7.99. The average Bonchev–Trinajstić information content (AvgIpc) is 2.61. The summed E-state index contributed by atoms with van der Waals surface area (Å²) in [6.07, 6.45) is 4.96. The fraction of sp³-hybridized carbons (Fsp3) is 0.409. The van der Waals surface area contributed by atoms with Gasteiger partial charge in [-0.2, -0.15) is 0 Å². The Kier molecular flexibility index (Phi) is 6.19. The van der Waals surface area contributed by atoms with E-state index in [1.54, 1.807) is 11.8 Å². The number of nitrogens with one attached hydrogen (secondary N) is 1. The van der Waals surface area contributed by atoms with Crippen molar-refractivity contribution in [2.24, 2.45) is 0 Å². The van der Waals surface area contributed by atoms with E-state index in [9.17, 15) is 4.79 Å². The molecule has 1 amide bonds. The molecule has 0 radical (unpaired) electrons. The van der Waals surface area contributed by atoms with Gasteiger partial charge in [-0.1, -0.05) is 48.0 Å². The van der Waals surface area contributed by atoms with E-state index in [-0.39, 0.29) is 11.9 Å². The zero-order valence-electron chi connectivity index (χ0n) is 15.2. The SMILES string of the molecule is Cc1cccc(CSCC(=O)N[C@@H](C)c2ccc3c(c2)CCCC3)c1. The minimum Gasteiger partial charge on any atom is -0.349 e. The highest BCUT2D eigenvalue weighted by Gasteiger charge is 2.14. The molecule has 1 aliphatic carbocycles. The maximum atomic E-state index is 12.2. The first kappa shape index (κ1) is 18.1. The number of amides is 1. The molecule has 0 unspecified atom stereocenters. The first-order valence-corrected chi connectivity index (χ1v) is 10.3. The molecule has 0 fully saturated rings. The predicted octanol–water partition coefficient (Wildman–Crippen LogP) is 4.98. The standard InChI is InChI=1S/C22H27NOS/c1-16-6-5-7-18(12-16)14-25-15-22(24)23-17(2)20-11-10-19-8-3-4-9-21(19)13-20/h5-7,10-13,17H,3-4,8-9,14-15H2,1-2H3,(H,23,24)/t17-/m0/s1. The van der Waals surface area contributed by atoms with Crippen molar-refractivity contribution in [3.05, 3.63) is 70.3 Å². The van der Waals surface area contributed by atoms with Crippen LogP contribution in [0.2, 0.25) is 0 Å². The topological polar surface area (TPSA) is 29.1 Å². The summed E-state index contributed by atoms with van der Waals surface area (Å²) < 4.78 is 0. The molecule has 132 valence electrons. The van der Waals surface area contributed by atoms with Crippen molar-refractivity contribution in [3.8, 4) is 0 Å². The largest absolute Gasteiger partial charge is 0.349 e. The molecule has 3 rings (SSSR count). The molecule has 0 spiro atoms. The molecule has 0 bridgehead atoms. The third kappa shape index (κ3) is 5.12. The van der Waals surface area contributed by atoms with Crippen LogP contribution in [0.25, 0.3) is 0 Å². The van der Waals surface area contributed by atoms with E-state index >= 15 is 0 Å². The van der Waals surface area contributed by atoms with Gasteiger partial charge in [0.2, 0.25) is 5.91 Å². The molecule has 1 atom stereocenters. The van der Waals surface area contributed by atoms with E-state index < -0.39 is 0 Å². The van der Waals surface area contributed by atoms with Crippen molar-refractivity contribution < 1.29 is 4.79 Å². The molecule has 0 saturated carbocycles. The van der Waals surface area contributed by atoms with Gasteiger partial charge in [0.05, 0.1) is 11.8 Å². The molecule has 1 aliphatic rings. The first-order valence-electron chi connectivity index (χ1n) is 9.16. The summed E-state index contributed by atoms with van der Waals surface area (Å²) in [5.74, 6) is 1.49. The Morgan fingerprint density at radius 2 is 1.92 bits per heavy atom. The Balaban J connectivity index is 1.49. The number of hydrogen-bond donors (Lipinski definition) is 1. The average molecular weight is 354 g/mol. The van der Waals surface area contributed by atoms with Gasteiger partial charge in [-0.15, -0.1) is 11.8 Å². The number of aryl methyl sites for hydroxylation is 3. The van der Waals surface area contributed by atoms with Gasteiger partial charge in [0.15, 0.2) is 0 Å². The van der Waals surface area contributed by atoms with Crippen LogP contribution in [0.4, 0.5) is 0 Å². The Labute approximate surface area is 155 Å². The molecule has 3 heteroatoms. The molecule has 2 aromatic rings. The molecular formula is C22H27NOS. The summed E-state index contributed by atoms with van der Waals surface area (Å²) in [5.41, 5.74) is 6.72. The monoisotopic (exact) mass is 353 g/mol. The van der Waals surface area contributed by atoms with Crippen LogP contribution in [-0.4, -0.2) is 11.7 Å². The number of carbonyl (C=O) groups is 1. The number of thioether (sulfide) groups is 1. The first-order chi connectivity index (χ1) is 12.1. The molecule has 0 aromatic heterocycles. The van der Waals surface area contributed by atoms with Gasteiger partial charge in [-0.3, -0.25) is 4.79 Å². The molecule has 1 N–H and O–H groups in total. The van der Waals surface area contributed by atoms with E-state index in [0.29, 0.717) is 5.75 Å². The van der Waals surface area contributed by atoms with Gasteiger partial charge in [0.25, 0.3) is 0 Å². The number of fused-ring (bicyclic) bond motifs is 1. The molecular weight excluding hydrogens is 326 g/mol. The van der Waals surface area contributed by atoms with Gasteiger partial charge in [-0.25, -0.2) is 0 Å². The second-order valence-corrected chi connectivity index (χ2v) is 7.99. The van der Waals surface area contributed by atoms with Gasteiger partial charge in [0.1, 0.15) is 0 Å². The fourth-order valence-corrected chi connectivity index (χ4v) is 4.24. The van der Waals surface area contributed by atoms with Gasteiger partial charge in [-0.05, 0) is 61.8 Å². The summed E-state index contributed by atoms with van der Waals surface area (Å²) in [4.78, 5) is 12.2. The van der Waals surface area contributed by atoms with Crippen LogP contribution in [0.5, 0.6) is 0 Å². The lowest BCUT2D eigenvalue weighted by molar-refractivity contribution is -0.119. The summed E-state index contributed by atoms with van der Waals surface area (Å²) >= 11 is 1.67. The van der Waals surface area contributed by atoms with E-state index in [2.05, 4.69) is 61.6 Å². The van der Waals surface area contributed by atoms with Gasteiger partial charge < -0.3 is 5.32 Å². The van der Waals surface area contributed by atoms with E-state index in [0.717, 1.165) is 5.75 Å². The number of benzene rings is 2. The van der Waals surface area contributed by atoms with Crippen LogP contribution in [0, 0.1) is 6.92 Å². The highest BCUT2D eigenvalue weighted by atomic mass is 32.2. The Hall–Kier alpha value is -1.74. The molecule has 0 aliphatic heterocycles. The minimum atomic E-state index is 0.0688. The highest BCUT2D eigenvalue weighted by Crippen LogP contribution is 2.25. The molecule has 0 heterocycles. The zero-order chi connectivity index (χ0) is 17.6. The van der Waals surface area contributed by atoms with Crippen LogP contribution in [0.1, 0.15) is 53.6 Å². The number of hydrogen-bond acceptors (Lipinski definition) is 2. The normalized spacial score (nSPS) is 14.6. The van der Waals surface area contributed by atoms with Crippen molar-refractivity contribution in [2.45, 2.75) is 51.3 Å². The third-order valence-corrected chi connectivity index (χ3v) is 5.84.